The van der Waals surface area contributed by atoms with Gasteiger partial charge in [0.1, 0.15) is 0 Å². The van der Waals surface area contributed by atoms with Crippen LogP contribution in [-0.4, -0.2) is 0 Å². The van der Waals surface area contributed by atoms with Gasteiger partial charge in [0.25, 0.3) is 0 Å². The molecule has 0 rings (SSSR count). The number of terminal acetylenes is 1. The van der Waals surface area contributed by atoms with Gasteiger partial charge in [-0.3, -0.25) is 5.92 Å². The quantitative estimate of drug-likeness (QED) is 0.259. The largest absolute Gasteiger partial charge is 0.380 e. The summed E-state index contributed by atoms with van der Waals surface area (Å²) in [6.07, 6.45) is 4.60. The first-order valence-electron chi connectivity index (χ1n) is 0.911. The van der Waals surface area contributed by atoms with Crippen LogP contribution in [0.3, 0.4) is 0 Å². The standard InChI is InChI=1S/C3H4N.Fe/c1-2-3-4;/h1,3H,4H2;/q-1;. The average Bonchev–Trinajstić information content (AvgIpc) is 1.37. The number of nitrogens with two attached hydrogens (primary N) is 1. The summed E-state index contributed by atoms with van der Waals surface area (Å²) in [5, 5.41) is 0. The third-order valence-corrected chi connectivity index (χ3v) is 0.0962. The van der Waals surface area contributed by atoms with Gasteiger partial charge in [-0.1, -0.05) is 0 Å². The maximum Gasteiger partial charge on any atom is 0 e. The Kier molecular flexibility index (Phi) is 16.1. The first kappa shape index (κ1) is 8.86. The van der Waals surface area contributed by atoms with Crippen LogP contribution in [0.4, 0.5) is 0 Å². The Morgan fingerprint density at radius 1 is 1.80 bits per heavy atom. The first-order valence-corrected chi connectivity index (χ1v) is 0.911. The molecule has 0 heterocycles. The van der Waals surface area contributed by atoms with E-state index in [-0.39, 0.29) is 17.1 Å². The smallest absolute Gasteiger partial charge is 0 e. The normalized spacial score (nSPS) is 3.20. The van der Waals surface area contributed by atoms with Crippen molar-refractivity contribution in [2.45, 2.75) is 0 Å². The van der Waals surface area contributed by atoms with E-state index in [1.807, 2.05) is 0 Å². The van der Waals surface area contributed by atoms with Crippen molar-refractivity contribution in [1.82, 2.24) is 0 Å². The van der Waals surface area contributed by atoms with Crippen LogP contribution in [0.1, 0.15) is 0 Å². The Morgan fingerprint density at radius 2 is 2.00 bits per heavy atom. The molecule has 0 unspecified atom stereocenters. The molecule has 0 aromatic rings. The van der Waals surface area contributed by atoms with Gasteiger partial charge < -0.3 is 12.2 Å². The molecule has 2 heteroatoms. The van der Waals surface area contributed by atoms with Crippen LogP contribution in [0.25, 0.3) is 0 Å². The minimum absolute atomic E-state index is 0. The van der Waals surface area contributed by atoms with E-state index in [0.717, 1.165) is 6.54 Å². The zero-order valence-electron chi connectivity index (χ0n) is 2.59. The first-order chi connectivity index (χ1) is 1.91. The summed E-state index contributed by atoms with van der Waals surface area (Å²) in [7, 11) is 0. The van der Waals surface area contributed by atoms with Crippen molar-refractivity contribution in [1.29, 1.82) is 0 Å². The van der Waals surface area contributed by atoms with E-state index in [1.165, 1.54) is 0 Å². The fourth-order valence-electron chi connectivity index (χ4n) is 0. The van der Waals surface area contributed by atoms with E-state index >= 15 is 0 Å². The minimum atomic E-state index is 0. The van der Waals surface area contributed by atoms with Crippen LogP contribution in [-0.2, 0) is 17.1 Å². The van der Waals surface area contributed by atoms with Gasteiger partial charge in [-0.2, -0.15) is 0 Å². The fraction of sp³-hybridized carbons (Fsp3) is 0. The Morgan fingerprint density at radius 3 is 2.00 bits per heavy atom. The van der Waals surface area contributed by atoms with E-state index in [1.54, 1.807) is 0 Å². The van der Waals surface area contributed by atoms with Crippen molar-refractivity contribution in [3.05, 3.63) is 6.54 Å². The Bertz CT molecular complexity index is 36.6. The van der Waals surface area contributed by atoms with Crippen molar-refractivity contribution in [2.24, 2.45) is 5.73 Å². The molecule has 0 aliphatic heterocycles. The molecule has 30 valence electrons. The predicted molar refractivity (Wildman–Crippen MR) is 17.3 cm³/mol. The Labute approximate surface area is 42.4 Å². The maximum atomic E-state index is 4.67. The van der Waals surface area contributed by atoms with E-state index in [9.17, 15) is 0 Å². The molecule has 0 radical (unpaired) electrons. The van der Waals surface area contributed by atoms with Crippen LogP contribution < -0.4 is 5.73 Å². The summed E-state index contributed by atoms with van der Waals surface area (Å²) in [6.45, 7) is 1.15. The average molecular weight is 110 g/mol. The van der Waals surface area contributed by atoms with Gasteiger partial charge in [0, 0.05) is 17.1 Å². The van der Waals surface area contributed by atoms with Crippen LogP contribution in [0.5, 0.6) is 0 Å². The van der Waals surface area contributed by atoms with Crippen molar-refractivity contribution in [3.63, 3.8) is 0 Å². The molecule has 0 aromatic carbocycles. The van der Waals surface area contributed by atoms with E-state index in [4.69, 9.17) is 0 Å². The fourth-order valence-corrected chi connectivity index (χ4v) is 0. The van der Waals surface area contributed by atoms with Crippen LogP contribution in [0.15, 0.2) is 0 Å². The molecule has 0 aromatic heterocycles. The van der Waals surface area contributed by atoms with Gasteiger partial charge in [-0.15, -0.1) is 6.54 Å². The molecule has 0 atom stereocenters. The third kappa shape index (κ3) is 17.2. The molecule has 1 nitrogen and oxygen atoms in total. The summed E-state index contributed by atoms with van der Waals surface area (Å²) in [5.41, 5.74) is 4.67. The monoisotopic (exact) mass is 110 g/mol. The Balaban J connectivity index is 0. The van der Waals surface area contributed by atoms with Crippen LogP contribution >= 0.6 is 0 Å². The predicted octanol–water partition coefficient (Wildman–Crippen LogP) is -0.262. The van der Waals surface area contributed by atoms with Gasteiger partial charge in [0.2, 0.25) is 0 Å². The third-order valence-electron chi connectivity index (χ3n) is 0.0962. The summed E-state index contributed by atoms with van der Waals surface area (Å²) >= 11 is 0. The van der Waals surface area contributed by atoms with Crippen molar-refractivity contribution in [2.75, 3.05) is 0 Å². The van der Waals surface area contributed by atoms with Crippen molar-refractivity contribution >= 4 is 0 Å². The number of hydrogen-bond donors (Lipinski definition) is 1. The molecule has 0 saturated carbocycles. The number of hydrogen-bond acceptors (Lipinski definition) is 1. The van der Waals surface area contributed by atoms with Crippen LogP contribution in [0, 0.1) is 18.9 Å². The molecule has 0 spiro atoms. The molecule has 2 N–H and O–H groups in total. The Hall–Kier alpha value is -0.0905. The minimum Gasteiger partial charge on any atom is -0.380 e. The van der Waals surface area contributed by atoms with E-state index in [0.29, 0.717) is 0 Å². The van der Waals surface area contributed by atoms with Crippen molar-refractivity contribution < 1.29 is 17.1 Å². The summed E-state index contributed by atoms with van der Waals surface area (Å²) in [4.78, 5) is 0. The zero-order chi connectivity index (χ0) is 3.41. The second-order valence-electron chi connectivity index (χ2n) is 0.333. The van der Waals surface area contributed by atoms with Crippen molar-refractivity contribution in [3.8, 4) is 12.3 Å². The van der Waals surface area contributed by atoms with E-state index < -0.39 is 0 Å². The van der Waals surface area contributed by atoms with Gasteiger partial charge in [0.15, 0.2) is 0 Å². The topological polar surface area (TPSA) is 26.0 Å². The second kappa shape index (κ2) is 9.08. The zero-order valence-corrected chi connectivity index (χ0v) is 3.69. The van der Waals surface area contributed by atoms with Gasteiger partial charge in [0.05, 0.1) is 0 Å². The molecular formula is C3H4FeN-. The van der Waals surface area contributed by atoms with E-state index in [2.05, 4.69) is 18.1 Å². The van der Waals surface area contributed by atoms with Gasteiger partial charge in [-0.25, -0.2) is 0 Å². The molecule has 0 amide bonds. The second-order valence-corrected chi connectivity index (χ2v) is 0.333. The molecule has 0 aliphatic carbocycles. The summed E-state index contributed by atoms with van der Waals surface area (Å²) in [6, 6.07) is 0. The summed E-state index contributed by atoms with van der Waals surface area (Å²) in [5.74, 6) is 2.08. The van der Waals surface area contributed by atoms with Crippen LogP contribution in [0.2, 0.25) is 0 Å². The van der Waals surface area contributed by atoms with Gasteiger partial charge in [-0.05, 0) is 0 Å². The SMILES string of the molecule is C#C[CH-]N.[Fe]. The molecule has 0 saturated heterocycles. The molecule has 0 fully saturated rings. The molecule has 0 bridgehead atoms. The summed E-state index contributed by atoms with van der Waals surface area (Å²) < 4.78 is 0. The molecular weight excluding hydrogens is 106 g/mol. The number of rotatable bonds is 0. The van der Waals surface area contributed by atoms with Gasteiger partial charge >= 0.3 is 0 Å². The maximum absolute atomic E-state index is 4.67. The molecule has 5 heavy (non-hydrogen) atoms. The molecule has 0 aliphatic rings.